The fraction of sp³-hybridized carbons (Fsp3) is 0.941. The fourth-order valence-electron chi connectivity index (χ4n) is 3.62. The van der Waals surface area contributed by atoms with Crippen molar-refractivity contribution >= 4 is 17.3 Å². The van der Waals surface area contributed by atoms with E-state index in [4.69, 9.17) is 12.2 Å². The summed E-state index contributed by atoms with van der Waals surface area (Å²) in [5.74, 6) is 3.01. The van der Waals surface area contributed by atoms with Crippen LogP contribution < -0.4 is 10.6 Å². The third-order valence-electron chi connectivity index (χ3n) is 4.43. The van der Waals surface area contributed by atoms with Gasteiger partial charge >= 0.3 is 0 Å². The molecule has 3 unspecified atom stereocenters. The van der Waals surface area contributed by atoms with E-state index in [1.807, 2.05) is 0 Å². The van der Waals surface area contributed by atoms with Crippen molar-refractivity contribution in [2.45, 2.75) is 79.3 Å². The fourth-order valence-corrected chi connectivity index (χ4v) is 3.99. The molecule has 0 aliphatic heterocycles. The third kappa shape index (κ3) is 5.59. The van der Waals surface area contributed by atoms with Crippen molar-refractivity contribution in [1.29, 1.82) is 0 Å². The van der Waals surface area contributed by atoms with E-state index in [9.17, 15) is 0 Å². The molecule has 1 aliphatic carbocycles. The molecule has 118 valence electrons. The lowest BCUT2D eigenvalue weighted by Gasteiger charge is -2.42. The van der Waals surface area contributed by atoms with Gasteiger partial charge in [0.2, 0.25) is 0 Å². The number of rotatable bonds is 5. The largest absolute Gasteiger partial charge is 0.361 e. The van der Waals surface area contributed by atoms with Crippen LogP contribution in [0.25, 0.3) is 0 Å². The first-order chi connectivity index (χ1) is 9.31. The predicted molar refractivity (Wildman–Crippen MR) is 92.9 cm³/mol. The average molecular weight is 299 g/mol. The summed E-state index contributed by atoms with van der Waals surface area (Å²) in [6.07, 6.45) is 5.38. The molecule has 20 heavy (non-hydrogen) atoms. The molecule has 0 aromatic rings. The number of nitrogens with one attached hydrogen (secondary N) is 2. The normalized spacial score (nSPS) is 27.1. The molecule has 3 heteroatoms. The van der Waals surface area contributed by atoms with E-state index in [0.717, 1.165) is 28.8 Å². The van der Waals surface area contributed by atoms with Gasteiger partial charge in [0.1, 0.15) is 0 Å². The lowest BCUT2D eigenvalue weighted by molar-refractivity contribution is 0.142. The van der Waals surface area contributed by atoms with Crippen molar-refractivity contribution in [3.8, 4) is 0 Å². The third-order valence-corrected chi connectivity index (χ3v) is 4.67. The van der Waals surface area contributed by atoms with Crippen LogP contribution in [0.2, 0.25) is 0 Å². The molecule has 1 rings (SSSR count). The Morgan fingerprint density at radius 2 is 1.75 bits per heavy atom. The van der Waals surface area contributed by atoms with Crippen LogP contribution in [0.3, 0.4) is 0 Å². The van der Waals surface area contributed by atoms with E-state index in [0.29, 0.717) is 12.1 Å². The predicted octanol–water partition coefficient (Wildman–Crippen LogP) is 4.35. The molecule has 0 radical (unpaired) electrons. The second-order valence-corrected chi connectivity index (χ2v) is 7.93. The molecule has 0 aromatic heterocycles. The first-order valence-electron chi connectivity index (χ1n) is 8.38. The molecule has 0 amide bonds. The topological polar surface area (TPSA) is 24.1 Å². The average Bonchev–Trinajstić information content (AvgIpc) is 2.29. The van der Waals surface area contributed by atoms with Gasteiger partial charge in [-0.2, -0.15) is 0 Å². The number of thiocarbonyl (C=S) groups is 1. The van der Waals surface area contributed by atoms with Gasteiger partial charge in [0, 0.05) is 12.1 Å². The minimum Gasteiger partial charge on any atom is -0.361 e. The second kappa shape index (κ2) is 8.21. The van der Waals surface area contributed by atoms with E-state index >= 15 is 0 Å². The standard InChI is InChI=1S/C17H34N2S/c1-11(2)10-14-8-7-9-15(12(3)4)16(14)19-17(20)18-13(5)6/h11-16H,7-10H2,1-6H3,(H2,18,19,20). The van der Waals surface area contributed by atoms with E-state index in [2.05, 4.69) is 52.2 Å². The molecule has 0 saturated heterocycles. The summed E-state index contributed by atoms with van der Waals surface area (Å²) in [4.78, 5) is 0. The monoisotopic (exact) mass is 298 g/mol. The highest BCUT2D eigenvalue weighted by atomic mass is 32.1. The summed E-state index contributed by atoms with van der Waals surface area (Å²) in [6.45, 7) is 13.7. The SMILES string of the molecule is CC(C)CC1CCCC(C(C)C)C1NC(=S)NC(C)C. The highest BCUT2D eigenvalue weighted by Gasteiger charge is 2.35. The zero-order valence-electron chi connectivity index (χ0n) is 14.2. The van der Waals surface area contributed by atoms with Crippen molar-refractivity contribution in [2.24, 2.45) is 23.7 Å². The molecule has 0 heterocycles. The van der Waals surface area contributed by atoms with Crippen LogP contribution in [-0.4, -0.2) is 17.2 Å². The lowest BCUT2D eigenvalue weighted by atomic mass is 9.70. The van der Waals surface area contributed by atoms with Crippen molar-refractivity contribution in [2.75, 3.05) is 0 Å². The first kappa shape index (κ1) is 17.7. The zero-order valence-corrected chi connectivity index (χ0v) is 15.0. The summed E-state index contributed by atoms with van der Waals surface area (Å²) in [5.41, 5.74) is 0. The van der Waals surface area contributed by atoms with Gasteiger partial charge in [0.25, 0.3) is 0 Å². The van der Waals surface area contributed by atoms with E-state index in [1.165, 1.54) is 25.7 Å². The van der Waals surface area contributed by atoms with Gasteiger partial charge in [0.15, 0.2) is 5.11 Å². The summed E-state index contributed by atoms with van der Waals surface area (Å²) in [5, 5.41) is 7.84. The lowest BCUT2D eigenvalue weighted by Crippen LogP contribution is -2.53. The molecule has 1 fully saturated rings. The Morgan fingerprint density at radius 1 is 1.10 bits per heavy atom. The van der Waals surface area contributed by atoms with Gasteiger partial charge in [0.05, 0.1) is 0 Å². The zero-order chi connectivity index (χ0) is 15.3. The molecular formula is C17H34N2S. The van der Waals surface area contributed by atoms with E-state index < -0.39 is 0 Å². The van der Waals surface area contributed by atoms with Crippen molar-refractivity contribution in [3.05, 3.63) is 0 Å². The second-order valence-electron chi connectivity index (χ2n) is 7.53. The van der Waals surface area contributed by atoms with Crippen LogP contribution >= 0.6 is 12.2 Å². The molecule has 1 aliphatic rings. The van der Waals surface area contributed by atoms with Crippen LogP contribution in [0.15, 0.2) is 0 Å². The summed E-state index contributed by atoms with van der Waals surface area (Å²) in [6, 6.07) is 0.949. The van der Waals surface area contributed by atoms with Gasteiger partial charge in [-0.3, -0.25) is 0 Å². The van der Waals surface area contributed by atoms with E-state index in [1.54, 1.807) is 0 Å². The van der Waals surface area contributed by atoms with Crippen molar-refractivity contribution in [1.82, 2.24) is 10.6 Å². The van der Waals surface area contributed by atoms with Crippen LogP contribution in [-0.2, 0) is 0 Å². The summed E-state index contributed by atoms with van der Waals surface area (Å²) in [7, 11) is 0. The minimum atomic E-state index is 0.402. The van der Waals surface area contributed by atoms with Gasteiger partial charge in [-0.05, 0) is 69.0 Å². The Morgan fingerprint density at radius 3 is 2.25 bits per heavy atom. The highest BCUT2D eigenvalue weighted by Crippen LogP contribution is 2.37. The molecule has 3 atom stereocenters. The maximum absolute atomic E-state index is 5.49. The highest BCUT2D eigenvalue weighted by molar-refractivity contribution is 7.80. The molecule has 0 spiro atoms. The van der Waals surface area contributed by atoms with Gasteiger partial charge in [-0.25, -0.2) is 0 Å². The van der Waals surface area contributed by atoms with Crippen molar-refractivity contribution in [3.63, 3.8) is 0 Å². The molecule has 2 nitrogen and oxygen atoms in total. The first-order valence-corrected chi connectivity index (χ1v) is 8.79. The number of hydrogen-bond acceptors (Lipinski definition) is 1. The Balaban J connectivity index is 2.75. The van der Waals surface area contributed by atoms with Gasteiger partial charge < -0.3 is 10.6 Å². The summed E-state index contributed by atoms with van der Waals surface area (Å²) < 4.78 is 0. The molecule has 0 bridgehead atoms. The van der Waals surface area contributed by atoms with Crippen LogP contribution in [0.1, 0.15) is 67.2 Å². The van der Waals surface area contributed by atoms with Crippen molar-refractivity contribution < 1.29 is 0 Å². The Bertz CT molecular complexity index is 299. The maximum Gasteiger partial charge on any atom is 0.166 e. The van der Waals surface area contributed by atoms with Crippen LogP contribution in [0, 0.1) is 23.7 Å². The quantitative estimate of drug-likeness (QED) is 0.738. The van der Waals surface area contributed by atoms with Crippen LogP contribution in [0.5, 0.6) is 0 Å². The van der Waals surface area contributed by atoms with Gasteiger partial charge in [-0.15, -0.1) is 0 Å². The Labute approximate surface area is 131 Å². The smallest absolute Gasteiger partial charge is 0.166 e. The minimum absolute atomic E-state index is 0.402. The molecular weight excluding hydrogens is 264 g/mol. The molecule has 0 aromatic carbocycles. The Kier molecular flexibility index (Phi) is 7.28. The molecule has 1 saturated carbocycles. The number of hydrogen-bond donors (Lipinski definition) is 2. The van der Waals surface area contributed by atoms with Crippen LogP contribution in [0.4, 0.5) is 0 Å². The Hall–Kier alpha value is -0.310. The van der Waals surface area contributed by atoms with E-state index in [-0.39, 0.29) is 0 Å². The molecule has 2 N–H and O–H groups in total. The summed E-state index contributed by atoms with van der Waals surface area (Å²) >= 11 is 5.49. The van der Waals surface area contributed by atoms with Gasteiger partial charge in [-0.1, -0.05) is 34.1 Å². The maximum atomic E-state index is 5.49.